The van der Waals surface area contributed by atoms with E-state index < -0.39 is 0 Å². The molecule has 0 aliphatic heterocycles. The van der Waals surface area contributed by atoms with Crippen LogP contribution in [-0.2, 0) is 6.54 Å². The fraction of sp³-hybridized carbons (Fsp3) is 0.412. The van der Waals surface area contributed by atoms with E-state index in [0.29, 0.717) is 12.0 Å². The Bertz CT molecular complexity index is 514. The van der Waals surface area contributed by atoms with Crippen LogP contribution in [0.5, 0.6) is 0 Å². The van der Waals surface area contributed by atoms with Gasteiger partial charge in [-0.15, -0.1) is 11.3 Å². The van der Waals surface area contributed by atoms with E-state index in [1.807, 2.05) is 11.3 Å². The molecule has 0 saturated carbocycles. The van der Waals surface area contributed by atoms with E-state index in [2.05, 4.69) is 78.4 Å². The van der Waals surface area contributed by atoms with Gasteiger partial charge in [0.2, 0.25) is 0 Å². The normalized spacial score (nSPS) is 12.8. The minimum Gasteiger partial charge on any atom is -0.305 e. The summed E-state index contributed by atoms with van der Waals surface area (Å²) < 4.78 is 1.22. The number of rotatable bonds is 6. The van der Waals surface area contributed by atoms with E-state index in [9.17, 15) is 0 Å². The zero-order valence-electron chi connectivity index (χ0n) is 12.3. The van der Waals surface area contributed by atoms with Crippen molar-refractivity contribution in [3.05, 3.63) is 56.2 Å². The van der Waals surface area contributed by atoms with Crippen molar-refractivity contribution in [2.75, 3.05) is 0 Å². The standard InChI is InChI=1S/C17H22BrNS/c1-12(2)9-17(14-7-5-4-6-8-14)19-11-15-10-16(18)13(3)20-15/h4-8,10,12,17,19H,9,11H2,1-3H3. The molecule has 1 N–H and O–H groups in total. The van der Waals surface area contributed by atoms with Gasteiger partial charge in [0.15, 0.2) is 0 Å². The molecule has 1 aromatic heterocycles. The predicted octanol–water partition coefficient (Wildman–Crippen LogP) is 5.70. The Morgan fingerprint density at radius 2 is 1.90 bits per heavy atom. The molecule has 20 heavy (non-hydrogen) atoms. The summed E-state index contributed by atoms with van der Waals surface area (Å²) in [6, 6.07) is 13.4. The van der Waals surface area contributed by atoms with Gasteiger partial charge < -0.3 is 5.32 Å². The number of benzene rings is 1. The van der Waals surface area contributed by atoms with Gasteiger partial charge in [-0.25, -0.2) is 0 Å². The topological polar surface area (TPSA) is 12.0 Å². The average molecular weight is 352 g/mol. The van der Waals surface area contributed by atoms with Crippen LogP contribution in [0.25, 0.3) is 0 Å². The first-order valence-electron chi connectivity index (χ1n) is 7.09. The molecule has 0 amide bonds. The molecule has 1 nitrogen and oxygen atoms in total. The molecule has 2 aromatic rings. The quantitative estimate of drug-likeness (QED) is 0.704. The highest BCUT2D eigenvalue weighted by Gasteiger charge is 2.13. The molecule has 0 aliphatic rings. The van der Waals surface area contributed by atoms with Gasteiger partial charge in [-0.2, -0.15) is 0 Å². The van der Waals surface area contributed by atoms with E-state index in [-0.39, 0.29) is 0 Å². The van der Waals surface area contributed by atoms with Gasteiger partial charge in [0.05, 0.1) is 0 Å². The third kappa shape index (κ3) is 4.44. The lowest BCUT2D eigenvalue weighted by Gasteiger charge is -2.21. The number of hydrogen-bond acceptors (Lipinski definition) is 2. The molecule has 2 rings (SSSR count). The van der Waals surface area contributed by atoms with E-state index >= 15 is 0 Å². The molecule has 1 atom stereocenters. The number of halogens is 1. The molecule has 1 aromatic carbocycles. The van der Waals surface area contributed by atoms with E-state index in [4.69, 9.17) is 0 Å². The second-order valence-corrected chi connectivity index (χ2v) is 7.79. The summed E-state index contributed by atoms with van der Waals surface area (Å²) in [6.45, 7) is 7.65. The van der Waals surface area contributed by atoms with Crippen LogP contribution in [0, 0.1) is 12.8 Å². The molecule has 0 spiro atoms. The third-order valence-corrected chi connectivity index (χ3v) is 5.48. The minimum absolute atomic E-state index is 0.428. The Morgan fingerprint density at radius 3 is 2.45 bits per heavy atom. The summed E-state index contributed by atoms with van der Waals surface area (Å²) in [6.07, 6.45) is 1.16. The molecule has 0 aliphatic carbocycles. The van der Waals surface area contributed by atoms with Crippen molar-refractivity contribution in [1.29, 1.82) is 0 Å². The lowest BCUT2D eigenvalue weighted by Crippen LogP contribution is -2.22. The molecular weight excluding hydrogens is 330 g/mol. The summed E-state index contributed by atoms with van der Waals surface area (Å²) in [5.41, 5.74) is 1.38. The first kappa shape index (κ1) is 15.7. The first-order chi connectivity index (χ1) is 9.56. The maximum Gasteiger partial charge on any atom is 0.0326 e. The summed E-state index contributed by atoms with van der Waals surface area (Å²) in [4.78, 5) is 2.74. The van der Waals surface area contributed by atoms with Gasteiger partial charge in [0.1, 0.15) is 0 Å². The van der Waals surface area contributed by atoms with Crippen LogP contribution in [0.4, 0.5) is 0 Å². The van der Waals surface area contributed by atoms with Crippen molar-refractivity contribution in [3.8, 4) is 0 Å². The lowest BCUT2D eigenvalue weighted by molar-refractivity contribution is 0.430. The first-order valence-corrected chi connectivity index (χ1v) is 8.70. The average Bonchev–Trinajstić information content (AvgIpc) is 2.74. The molecule has 0 bridgehead atoms. The number of thiophene rings is 1. The second kappa shape index (κ2) is 7.39. The SMILES string of the molecule is Cc1sc(CNC(CC(C)C)c2ccccc2)cc1Br. The van der Waals surface area contributed by atoms with Crippen LogP contribution in [0.2, 0.25) is 0 Å². The summed E-state index contributed by atoms with van der Waals surface area (Å²) in [5.74, 6) is 0.685. The minimum atomic E-state index is 0.428. The van der Waals surface area contributed by atoms with E-state index in [1.54, 1.807) is 0 Å². The van der Waals surface area contributed by atoms with Crippen molar-refractivity contribution in [2.24, 2.45) is 5.92 Å². The van der Waals surface area contributed by atoms with Crippen molar-refractivity contribution in [3.63, 3.8) is 0 Å². The summed E-state index contributed by atoms with van der Waals surface area (Å²) in [5, 5.41) is 3.71. The zero-order valence-corrected chi connectivity index (χ0v) is 14.7. The lowest BCUT2D eigenvalue weighted by atomic mass is 9.97. The van der Waals surface area contributed by atoms with Gasteiger partial charge in [-0.05, 0) is 46.8 Å². The fourth-order valence-electron chi connectivity index (χ4n) is 2.32. The van der Waals surface area contributed by atoms with E-state index in [1.165, 1.54) is 19.8 Å². The molecule has 1 heterocycles. The van der Waals surface area contributed by atoms with Crippen LogP contribution < -0.4 is 5.32 Å². The molecule has 3 heteroatoms. The predicted molar refractivity (Wildman–Crippen MR) is 92.2 cm³/mol. The van der Waals surface area contributed by atoms with Crippen LogP contribution in [0.3, 0.4) is 0 Å². The van der Waals surface area contributed by atoms with Crippen LogP contribution in [-0.4, -0.2) is 0 Å². The highest BCUT2D eigenvalue weighted by Crippen LogP contribution is 2.27. The van der Waals surface area contributed by atoms with Crippen molar-refractivity contribution in [1.82, 2.24) is 5.32 Å². The highest BCUT2D eigenvalue weighted by molar-refractivity contribution is 9.10. The Balaban J connectivity index is 2.04. The maximum absolute atomic E-state index is 3.71. The van der Waals surface area contributed by atoms with Crippen molar-refractivity contribution in [2.45, 2.75) is 39.8 Å². The number of nitrogens with one attached hydrogen (secondary N) is 1. The Morgan fingerprint density at radius 1 is 1.20 bits per heavy atom. The second-order valence-electron chi connectivity index (χ2n) is 5.59. The molecule has 1 unspecified atom stereocenters. The molecule has 108 valence electrons. The molecule has 0 fully saturated rings. The number of hydrogen-bond donors (Lipinski definition) is 1. The van der Waals surface area contributed by atoms with Gasteiger partial charge in [-0.3, -0.25) is 0 Å². The van der Waals surface area contributed by atoms with Gasteiger partial charge >= 0.3 is 0 Å². The van der Waals surface area contributed by atoms with Crippen LogP contribution in [0.1, 0.15) is 41.6 Å². The summed E-state index contributed by atoms with van der Waals surface area (Å²) in [7, 11) is 0. The van der Waals surface area contributed by atoms with E-state index in [0.717, 1.165) is 13.0 Å². The highest BCUT2D eigenvalue weighted by atomic mass is 79.9. The largest absolute Gasteiger partial charge is 0.305 e. The zero-order chi connectivity index (χ0) is 14.5. The monoisotopic (exact) mass is 351 g/mol. The fourth-order valence-corrected chi connectivity index (χ4v) is 3.88. The van der Waals surface area contributed by atoms with Crippen LogP contribution in [0.15, 0.2) is 40.9 Å². The molecular formula is C17H22BrNS. The van der Waals surface area contributed by atoms with Crippen molar-refractivity contribution >= 4 is 27.3 Å². The maximum atomic E-state index is 3.71. The molecule has 0 saturated heterocycles. The Kier molecular flexibility index (Phi) is 5.82. The van der Waals surface area contributed by atoms with Gasteiger partial charge in [0.25, 0.3) is 0 Å². The van der Waals surface area contributed by atoms with Crippen molar-refractivity contribution < 1.29 is 0 Å². The third-order valence-electron chi connectivity index (χ3n) is 3.34. The van der Waals surface area contributed by atoms with Crippen LogP contribution >= 0.6 is 27.3 Å². The van der Waals surface area contributed by atoms with Gasteiger partial charge in [-0.1, -0.05) is 44.2 Å². The molecule has 0 radical (unpaired) electrons. The Hall–Kier alpha value is -0.640. The Labute approximate surface area is 134 Å². The summed E-state index contributed by atoms with van der Waals surface area (Å²) >= 11 is 5.45. The number of aryl methyl sites for hydroxylation is 1. The van der Waals surface area contributed by atoms with Gasteiger partial charge in [0, 0.05) is 26.8 Å². The smallest absolute Gasteiger partial charge is 0.0326 e.